The number of nitrogens with zero attached hydrogens (tertiary/aromatic N) is 2. The highest BCUT2D eigenvalue weighted by Crippen LogP contribution is 2.41. The van der Waals surface area contributed by atoms with Crippen molar-refractivity contribution in [1.29, 1.82) is 0 Å². The van der Waals surface area contributed by atoms with Gasteiger partial charge in [-0.05, 0) is 32.6 Å². The highest BCUT2D eigenvalue weighted by atomic mass is 16.5. The van der Waals surface area contributed by atoms with E-state index in [1.165, 1.54) is 0 Å². The normalized spacial score (nSPS) is 17.0. The van der Waals surface area contributed by atoms with Gasteiger partial charge >= 0.3 is 0 Å². The minimum atomic E-state index is -0.354. The molecule has 0 bridgehead atoms. The van der Waals surface area contributed by atoms with Crippen LogP contribution in [0.1, 0.15) is 38.4 Å². The topological polar surface area (TPSA) is 61.0 Å². The van der Waals surface area contributed by atoms with Crippen molar-refractivity contribution in [2.75, 3.05) is 12.3 Å². The molecule has 1 saturated carbocycles. The average Bonchev–Trinajstić information content (AvgIpc) is 2.98. The summed E-state index contributed by atoms with van der Waals surface area (Å²) in [7, 11) is 0. The lowest BCUT2D eigenvalue weighted by molar-refractivity contribution is -0.0455. The van der Waals surface area contributed by atoms with Crippen molar-refractivity contribution in [3.63, 3.8) is 0 Å². The van der Waals surface area contributed by atoms with Crippen molar-refractivity contribution in [2.45, 2.75) is 38.2 Å². The van der Waals surface area contributed by atoms with E-state index in [9.17, 15) is 0 Å². The molecule has 1 aromatic heterocycles. The summed E-state index contributed by atoms with van der Waals surface area (Å²) in [5.74, 6) is 1.24. The quantitative estimate of drug-likeness (QED) is 0.932. The van der Waals surface area contributed by atoms with Crippen LogP contribution in [0.15, 0.2) is 36.4 Å². The Morgan fingerprint density at radius 3 is 2.52 bits per heavy atom. The van der Waals surface area contributed by atoms with Gasteiger partial charge in [-0.15, -0.1) is 0 Å². The van der Waals surface area contributed by atoms with Gasteiger partial charge in [-0.2, -0.15) is 0 Å². The molecule has 1 heterocycles. The van der Waals surface area contributed by atoms with Gasteiger partial charge in [-0.3, -0.25) is 0 Å². The number of hydrogen-bond donors (Lipinski definition) is 1. The molecule has 0 unspecified atom stereocenters. The maximum atomic E-state index is 6.04. The summed E-state index contributed by atoms with van der Waals surface area (Å²) in [6.07, 6.45) is 4.24. The third kappa shape index (κ3) is 2.76. The van der Waals surface area contributed by atoms with Crippen molar-refractivity contribution >= 4 is 5.82 Å². The highest BCUT2D eigenvalue weighted by molar-refractivity contribution is 5.61. The molecule has 1 aromatic carbocycles. The fraction of sp³-hybridized carbons (Fsp3) is 0.412. The van der Waals surface area contributed by atoms with E-state index in [4.69, 9.17) is 15.5 Å². The molecule has 0 radical (unpaired) electrons. The second-order valence-corrected chi connectivity index (χ2v) is 5.50. The van der Waals surface area contributed by atoms with Crippen LogP contribution in [-0.2, 0) is 10.3 Å². The smallest absolute Gasteiger partial charge is 0.163 e. The summed E-state index contributed by atoms with van der Waals surface area (Å²) in [6, 6.07) is 11.9. The fourth-order valence-electron chi connectivity index (χ4n) is 3.08. The zero-order valence-electron chi connectivity index (χ0n) is 12.4. The van der Waals surface area contributed by atoms with E-state index >= 15 is 0 Å². The van der Waals surface area contributed by atoms with Gasteiger partial charge < -0.3 is 10.5 Å². The van der Waals surface area contributed by atoms with Crippen LogP contribution < -0.4 is 5.73 Å². The lowest BCUT2D eigenvalue weighted by atomic mass is 10.0. The number of ether oxygens (including phenoxy) is 1. The molecule has 110 valence electrons. The second-order valence-electron chi connectivity index (χ2n) is 5.50. The lowest BCUT2D eigenvalue weighted by Gasteiger charge is -2.27. The Balaban J connectivity index is 2.05. The van der Waals surface area contributed by atoms with Crippen LogP contribution in [0.5, 0.6) is 0 Å². The molecule has 1 fully saturated rings. The minimum Gasteiger partial charge on any atom is -0.384 e. The zero-order chi connectivity index (χ0) is 14.7. The number of benzene rings is 1. The lowest BCUT2D eigenvalue weighted by Crippen LogP contribution is -2.29. The summed E-state index contributed by atoms with van der Waals surface area (Å²) >= 11 is 0. The first-order chi connectivity index (χ1) is 10.2. The van der Waals surface area contributed by atoms with Crippen LogP contribution in [0.4, 0.5) is 5.82 Å². The second kappa shape index (κ2) is 5.82. The van der Waals surface area contributed by atoms with Crippen LogP contribution in [-0.4, -0.2) is 16.6 Å². The van der Waals surface area contributed by atoms with Crippen LogP contribution in [0.25, 0.3) is 11.3 Å². The molecule has 3 rings (SSSR count). The number of hydrogen-bond acceptors (Lipinski definition) is 4. The van der Waals surface area contributed by atoms with E-state index in [0.717, 1.165) is 42.8 Å². The Labute approximate surface area is 125 Å². The molecule has 0 spiro atoms. The first-order valence-electron chi connectivity index (χ1n) is 7.58. The number of nitrogens with two attached hydrogens (primary N) is 1. The summed E-state index contributed by atoms with van der Waals surface area (Å²) < 4.78 is 6.04. The van der Waals surface area contributed by atoms with Crippen molar-refractivity contribution in [3.05, 3.63) is 42.2 Å². The predicted octanol–water partition coefficient (Wildman–Crippen LogP) is 3.53. The van der Waals surface area contributed by atoms with Gasteiger partial charge in [0, 0.05) is 18.2 Å². The van der Waals surface area contributed by atoms with Gasteiger partial charge in [0.1, 0.15) is 11.4 Å². The Morgan fingerprint density at radius 1 is 1.14 bits per heavy atom. The Kier molecular flexibility index (Phi) is 3.88. The standard InChI is InChI=1S/C17H21N3O/c1-2-21-17(10-6-7-11-17)16-19-14(12-15(18)20-16)13-8-4-3-5-9-13/h3-5,8-9,12H,2,6-7,10-11H2,1H3,(H2,18,19,20). The van der Waals surface area contributed by atoms with Crippen molar-refractivity contribution < 1.29 is 4.74 Å². The summed E-state index contributed by atoms with van der Waals surface area (Å²) in [5.41, 5.74) is 7.58. The molecular formula is C17H21N3O. The molecule has 2 N–H and O–H groups in total. The predicted molar refractivity (Wildman–Crippen MR) is 83.7 cm³/mol. The third-order valence-corrected chi connectivity index (χ3v) is 4.05. The van der Waals surface area contributed by atoms with Crippen molar-refractivity contribution in [1.82, 2.24) is 9.97 Å². The largest absolute Gasteiger partial charge is 0.384 e. The molecule has 0 amide bonds. The van der Waals surface area contributed by atoms with Gasteiger partial charge in [0.15, 0.2) is 5.82 Å². The van der Waals surface area contributed by atoms with E-state index < -0.39 is 0 Å². The van der Waals surface area contributed by atoms with E-state index in [1.54, 1.807) is 0 Å². The third-order valence-electron chi connectivity index (χ3n) is 4.05. The molecule has 2 aromatic rings. The van der Waals surface area contributed by atoms with Gasteiger partial charge in [-0.1, -0.05) is 30.3 Å². The molecule has 4 nitrogen and oxygen atoms in total. The molecule has 0 atom stereocenters. The molecular weight excluding hydrogens is 262 g/mol. The maximum Gasteiger partial charge on any atom is 0.163 e. The fourth-order valence-corrected chi connectivity index (χ4v) is 3.08. The Bertz CT molecular complexity index is 607. The minimum absolute atomic E-state index is 0.354. The van der Waals surface area contributed by atoms with E-state index in [1.807, 2.05) is 43.3 Å². The zero-order valence-corrected chi connectivity index (χ0v) is 12.4. The summed E-state index contributed by atoms with van der Waals surface area (Å²) in [4.78, 5) is 9.23. The summed E-state index contributed by atoms with van der Waals surface area (Å²) in [5, 5.41) is 0. The first kappa shape index (κ1) is 14.0. The number of rotatable bonds is 4. The molecule has 1 aliphatic carbocycles. The molecule has 4 heteroatoms. The van der Waals surface area contributed by atoms with Crippen LogP contribution >= 0.6 is 0 Å². The Morgan fingerprint density at radius 2 is 1.86 bits per heavy atom. The number of aromatic nitrogens is 2. The van der Waals surface area contributed by atoms with Crippen LogP contribution in [0.2, 0.25) is 0 Å². The molecule has 0 aliphatic heterocycles. The van der Waals surface area contributed by atoms with Crippen LogP contribution in [0, 0.1) is 0 Å². The van der Waals surface area contributed by atoms with E-state index in [-0.39, 0.29) is 5.60 Å². The van der Waals surface area contributed by atoms with Crippen molar-refractivity contribution in [2.24, 2.45) is 0 Å². The van der Waals surface area contributed by atoms with Crippen LogP contribution in [0.3, 0.4) is 0 Å². The van der Waals surface area contributed by atoms with E-state index in [2.05, 4.69) is 4.98 Å². The maximum absolute atomic E-state index is 6.04. The van der Waals surface area contributed by atoms with Gasteiger partial charge in [0.2, 0.25) is 0 Å². The highest BCUT2D eigenvalue weighted by Gasteiger charge is 2.39. The van der Waals surface area contributed by atoms with Gasteiger partial charge in [-0.25, -0.2) is 9.97 Å². The number of anilines is 1. The van der Waals surface area contributed by atoms with Gasteiger partial charge in [0.05, 0.1) is 5.69 Å². The average molecular weight is 283 g/mol. The number of nitrogen functional groups attached to an aromatic ring is 1. The Hall–Kier alpha value is -1.94. The summed E-state index contributed by atoms with van der Waals surface area (Å²) in [6.45, 7) is 2.68. The molecule has 21 heavy (non-hydrogen) atoms. The van der Waals surface area contributed by atoms with E-state index in [0.29, 0.717) is 12.4 Å². The van der Waals surface area contributed by atoms with Crippen molar-refractivity contribution in [3.8, 4) is 11.3 Å². The SMILES string of the molecule is CCOC1(c2nc(N)cc(-c3ccccc3)n2)CCCC1. The molecule has 0 saturated heterocycles. The molecule has 1 aliphatic rings. The van der Waals surface area contributed by atoms with Gasteiger partial charge in [0.25, 0.3) is 0 Å². The first-order valence-corrected chi connectivity index (χ1v) is 7.58. The monoisotopic (exact) mass is 283 g/mol.